The maximum absolute atomic E-state index is 12.4. The summed E-state index contributed by atoms with van der Waals surface area (Å²) in [6.07, 6.45) is 1.28. The Morgan fingerprint density at radius 3 is 2.67 bits per heavy atom. The maximum Gasteiger partial charge on any atom is 0.270 e. The Balaban J connectivity index is 1.86. The van der Waals surface area contributed by atoms with Crippen LogP contribution in [0.4, 0.5) is 17.1 Å². The van der Waals surface area contributed by atoms with Crippen molar-refractivity contribution in [1.82, 2.24) is 0 Å². The van der Waals surface area contributed by atoms with Gasteiger partial charge in [0.15, 0.2) is 0 Å². The van der Waals surface area contributed by atoms with Gasteiger partial charge >= 0.3 is 0 Å². The second-order valence-electron chi connectivity index (χ2n) is 5.43. The molecule has 1 N–H and O–H groups in total. The van der Waals surface area contributed by atoms with E-state index < -0.39 is 10.8 Å². The van der Waals surface area contributed by atoms with E-state index in [-0.39, 0.29) is 17.2 Å². The summed E-state index contributed by atoms with van der Waals surface area (Å²) in [7, 11) is 0. The lowest BCUT2D eigenvalue weighted by molar-refractivity contribution is -0.384. The number of anilines is 2. The van der Waals surface area contributed by atoms with Gasteiger partial charge in [0, 0.05) is 30.7 Å². The van der Waals surface area contributed by atoms with Crippen LogP contribution in [0.25, 0.3) is 0 Å². The molecule has 1 heterocycles. The molecule has 0 unspecified atom stereocenters. The molecule has 2 aromatic carbocycles. The monoisotopic (exact) mass is 325 g/mol. The third kappa shape index (κ3) is 3.10. The summed E-state index contributed by atoms with van der Waals surface area (Å²) in [6.45, 7) is 0.614. The molecule has 7 nitrogen and oxygen atoms in total. The molecule has 2 aromatic rings. The van der Waals surface area contributed by atoms with Crippen LogP contribution in [-0.4, -0.2) is 23.3 Å². The smallest absolute Gasteiger partial charge is 0.270 e. The Hall–Kier alpha value is -3.22. The molecular weight excluding hydrogens is 310 g/mol. The van der Waals surface area contributed by atoms with Crippen molar-refractivity contribution in [2.24, 2.45) is 0 Å². The van der Waals surface area contributed by atoms with Crippen molar-refractivity contribution in [2.75, 3.05) is 16.8 Å². The van der Waals surface area contributed by atoms with Crippen LogP contribution >= 0.6 is 0 Å². The van der Waals surface area contributed by atoms with Crippen LogP contribution < -0.4 is 10.2 Å². The lowest BCUT2D eigenvalue weighted by Crippen LogP contribution is -2.25. The van der Waals surface area contributed by atoms with Crippen LogP contribution in [-0.2, 0) is 4.79 Å². The molecule has 2 amide bonds. The van der Waals surface area contributed by atoms with Crippen LogP contribution in [0, 0.1) is 10.1 Å². The second kappa shape index (κ2) is 6.49. The molecule has 1 saturated heterocycles. The molecule has 0 saturated carbocycles. The first-order valence-corrected chi connectivity index (χ1v) is 7.51. The van der Waals surface area contributed by atoms with E-state index in [1.807, 2.05) is 0 Å². The number of amides is 2. The van der Waals surface area contributed by atoms with Gasteiger partial charge in [-0.05, 0) is 24.6 Å². The standard InChI is InChI=1S/C17H15N3O4/c21-16-9-4-10-19(16)15-8-2-1-7-14(15)18-17(22)12-5-3-6-13(11-12)20(23)24/h1-3,5-8,11H,4,9-10H2,(H,18,22). The van der Waals surface area contributed by atoms with E-state index in [0.717, 1.165) is 6.42 Å². The van der Waals surface area contributed by atoms with Crippen LogP contribution in [0.3, 0.4) is 0 Å². The first kappa shape index (κ1) is 15.7. The Morgan fingerprint density at radius 2 is 1.96 bits per heavy atom. The van der Waals surface area contributed by atoms with Crippen molar-refractivity contribution in [3.63, 3.8) is 0 Å². The summed E-state index contributed by atoms with van der Waals surface area (Å²) < 4.78 is 0. The highest BCUT2D eigenvalue weighted by Gasteiger charge is 2.24. The van der Waals surface area contributed by atoms with E-state index in [1.165, 1.54) is 24.3 Å². The van der Waals surface area contributed by atoms with E-state index in [1.54, 1.807) is 29.2 Å². The molecule has 1 fully saturated rings. The van der Waals surface area contributed by atoms with Crippen molar-refractivity contribution in [3.05, 3.63) is 64.2 Å². The number of carbonyl (C=O) groups is 2. The summed E-state index contributed by atoms with van der Waals surface area (Å²) in [4.78, 5) is 36.3. The Labute approximate surface area is 138 Å². The van der Waals surface area contributed by atoms with Crippen molar-refractivity contribution < 1.29 is 14.5 Å². The fourth-order valence-electron chi connectivity index (χ4n) is 2.67. The van der Waals surface area contributed by atoms with Gasteiger partial charge in [0.25, 0.3) is 11.6 Å². The third-order valence-corrected chi connectivity index (χ3v) is 3.84. The number of nitrogens with one attached hydrogen (secondary N) is 1. The molecule has 0 radical (unpaired) electrons. The van der Waals surface area contributed by atoms with Gasteiger partial charge in [-0.1, -0.05) is 18.2 Å². The lowest BCUT2D eigenvalue weighted by Gasteiger charge is -2.20. The summed E-state index contributed by atoms with van der Waals surface area (Å²) >= 11 is 0. The summed E-state index contributed by atoms with van der Waals surface area (Å²) in [5.74, 6) is -0.440. The maximum atomic E-state index is 12.4. The van der Waals surface area contributed by atoms with Gasteiger partial charge < -0.3 is 10.2 Å². The molecule has 122 valence electrons. The fraction of sp³-hybridized carbons (Fsp3) is 0.176. The van der Waals surface area contributed by atoms with Crippen LogP contribution in [0.15, 0.2) is 48.5 Å². The Bertz CT molecular complexity index is 819. The minimum Gasteiger partial charge on any atom is -0.320 e. The summed E-state index contributed by atoms with van der Waals surface area (Å²) in [6, 6.07) is 12.5. The number of carbonyl (C=O) groups excluding carboxylic acids is 2. The van der Waals surface area contributed by atoms with E-state index in [2.05, 4.69) is 5.32 Å². The quantitative estimate of drug-likeness (QED) is 0.691. The number of nitrogens with zero attached hydrogens (tertiary/aromatic N) is 2. The van der Waals surface area contributed by atoms with Gasteiger partial charge in [-0.25, -0.2) is 0 Å². The van der Waals surface area contributed by atoms with E-state index >= 15 is 0 Å². The number of hydrogen-bond donors (Lipinski definition) is 1. The molecule has 1 aliphatic heterocycles. The van der Waals surface area contributed by atoms with Crippen molar-refractivity contribution in [3.8, 4) is 0 Å². The number of rotatable bonds is 4. The number of para-hydroxylation sites is 2. The molecule has 7 heteroatoms. The van der Waals surface area contributed by atoms with Gasteiger partial charge in [-0.3, -0.25) is 19.7 Å². The fourth-order valence-corrected chi connectivity index (χ4v) is 2.67. The summed E-state index contributed by atoms with van der Waals surface area (Å²) in [5.41, 5.74) is 1.18. The molecule has 0 spiro atoms. The van der Waals surface area contributed by atoms with Gasteiger partial charge in [-0.2, -0.15) is 0 Å². The average molecular weight is 325 g/mol. The second-order valence-corrected chi connectivity index (χ2v) is 5.43. The number of benzene rings is 2. The zero-order valence-electron chi connectivity index (χ0n) is 12.8. The SMILES string of the molecule is O=C(Nc1ccccc1N1CCCC1=O)c1cccc([N+](=O)[O-])c1. The highest BCUT2D eigenvalue weighted by molar-refractivity contribution is 6.08. The normalized spacial score (nSPS) is 13.8. The lowest BCUT2D eigenvalue weighted by atomic mass is 10.1. The van der Waals surface area contributed by atoms with Crippen molar-refractivity contribution >= 4 is 28.9 Å². The first-order chi connectivity index (χ1) is 11.6. The average Bonchev–Trinajstić information content (AvgIpc) is 3.01. The van der Waals surface area contributed by atoms with E-state index in [0.29, 0.717) is 24.3 Å². The topological polar surface area (TPSA) is 92.6 Å². The van der Waals surface area contributed by atoms with Gasteiger partial charge in [-0.15, -0.1) is 0 Å². The first-order valence-electron chi connectivity index (χ1n) is 7.51. The third-order valence-electron chi connectivity index (χ3n) is 3.84. The highest BCUT2D eigenvalue weighted by Crippen LogP contribution is 2.29. The van der Waals surface area contributed by atoms with E-state index in [4.69, 9.17) is 0 Å². The van der Waals surface area contributed by atoms with Crippen molar-refractivity contribution in [1.29, 1.82) is 0 Å². The van der Waals surface area contributed by atoms with Crippen molar-refractivity contribution in [2.45, 2.75) is 12.8 Å². The molecular formula is C17H15N3O4. The zero-order chi connectivity index (χ0) is 17.1. The summed E-state index contributed by atoms with van der Waals surface area (Å²) in [5, 5.41) is 13.6. The van der Waals surface area contributed by atoms with Crippen LogP contribution in [0.2, 0.25) is 0 Å². The predicted molar refractivity (Wildman–Crippen MR) is 89.1 cm³/mol. The molecule has 3 rings (SSSR count). The largest absolute Gasteiger partial charge is 0.320 e. The number of hydrogen-bond acceptors (Lipinski definition) is 4. The molecule has 0 aliphatic carbocycles. The van der Waals surface area contributed by atoms with E-state index in [9.17, 15) is 19.7 Å². The predicted octanol–water partition coefficient (Wildman–Crippen LogP) is 2.97. The Morgan fingerprint density at radius 1 is 1.17 bits per heavy atom. The Kier molecular flexibility index (Phi) is 4.24. The molecule has 0 aromatic heterocycles. The van der Waals surface area contributed by atoms with Gasteiger partial charge in [0.1, 0.15) is 0 Å². The van der Waals surface area contributed by atoms with Gasteiger partial charge in [0.05, 0.1) is 16.3 Å². The highest BCUT2D eigenvalue weighted by atomic mass is 16.6. The number of nitro groups is 1. The zero-order valence-corrected chi connectivity index (χ0v) is 12.8. The van der Waals surface area contributed by atoms with Crippen LogP contribution in [0.5, 0.6) is 0 Å². The molecule has 1 aliphatic rings. The minimum absolute atomic E-state index is 0.0204. The minimum atomic E-state index is -0.548. The molecule has 24 heavy (non-hydrogen) atoms. The molecule has 0 atom stereocenters. The molecule has 0 bridgehead atoms. The number of non-ortho nitro benzene ring substituents is 1. The van der Waals surface area contributed by atoms with Gasteiger partial charge in [0.2, 0.25) is 5.91 Å². The number of nitro benzene ring substituents is 1. The van der Waals surface area contributed by atoms with Crippen LogP contribution in [0.1, 0.15) is 23.2 Å².